The van der Waals surface area contributed by atoms with E-state index in [2.05, 4.69) is 4.90 Å². The van der Waals surface area contributed by atoms with Crippen molar-refractivity contribution in [2.75, 3.05) is 19.6 Å². The van der Waals surface area contributed by atoms with Crippen LogP contribution in [-0.4, -0.2) is 47.3 Å². The number of benzene rings is 1. The van der Waals surface area contributed by atoms with Crippen LogP contribution in [0.4, 0.5) is 0 Å². The second-order valence-electron chi connectivity index (χ2n) is 7.68. The molecule has 3 heterocycles. The van der Waals surface area contributed by atoms with Gasteiger partial charge < -0.3 is 9.80 Å². The van der Waals surface area contributed by atoms with Gasteiger partial charge in [0.1, 0.15) is 0 Å². The summed E-state index contributed by atoms with van der Waals surface area (Å²) in [5, 5.41) is 0. The lowest BCUT2D eigenvalue weighted by atomic mass is 9.83. The highest BCUT2D eigenvalue weighted by molar-refractivity contribution is 5.84. The molecule has 0 unspecified atom stereocenters. The van der Waals surface area contributed by atoms with Gasteiger partial charge in [-0.1, -0.05) is 36.8 Å². The Kier molecular flexibility index (Phi) is 4.30. The first-order valence-corrected chi connectivity index (χ1v) is 9.33. The second kappa shape index (κ2) is 6.58. The molecule has 24 heavy (non-hydrogen) atoms. The molecule has 0 aromatic heterocycles. The number of piperidine rings is 1. The van der Waals surface area contributed by atoms with Gasteiger partial charge in [0.05, 0.1) is 12.3 Å². The van der Waals surface area contributed by atoms with E-state index in [-0.39, 0.29) is 17.9 Å². The van der Waals surface area contributed by atoms with Crippen molar-refractivity contribution >= 4 is 11.8 Å². The molecule has 0 N–H and O–H groups in total. The molecule has 4 aliphatic rings. The van der Waals surface area contributed by atoms with Crippen LogP contribution in [0.3, 0.4) is 0 Å². The van der Waals surface area contributed by atoms with Gasteiger partial charge in [-0.05, 0) is 37.2 Å². The summed E-state index contributed by atoms with van der Waals surface area (Å²) < 4.78 is 0. The minimum atomic E-state index is 0.0172. The lowest BCUT2D eigenvalue weighted by molar-refractivity contribution is -0.141. The number of hydrogen-bond acceptors (Lipinski definition) is 2. The van der Waals surface area contributed by atoms with Crippen molar-refractivity contribution in [3.8, 4) is 0 Å². The molecule has 3 saturated heterocycles. The van der Waals surface area contributed by atoms with Gasteiger partial charge >= 0.3 is 0 Å². The SMILES string of the molecule is O=C(Cc1ccccc1)N1C[C@@H]2CC[C@H](C1)N(CC1CCC1)C2=O. The first kappa shape index (κ1) is 15.7. The summed E-state index contributed by atoms with van der Waals surface area (Å²) in [6.45, 7) is 2.25. The van der Waals surface area contributed by atoms with E-state index in [1.54, 1.807) is 0 Å². The molecule has 0 radical (unpaired) electrons. The van der Waals surface area contributed by atoms with Gasteiger partial charge in [-0.15, -0.1) is 0 Å². The summed E-state index contributed by atoms with van der Waals surface area (Å²) in [5.41, 5.74) is 1.05. The Bertz CT molecular complexity index is 611. The van der Waals surface area contributed by atoms with Crippen LogP contribution in [0.25, 0.3) is 0 Å². The molecule has 128 valence electrons. The molecule has 1 aliphatic carbocycles. The van der Waals surface area contributed by atoms with Crippen molar-refractivity contribution in [1.82, 2.24) is 9.80 Å². The van der Waals surface area contributed by atoms with Crippen LogP contribution in [-0.2, 0) is 16.0 Å². The Labute approximate surface area is 143 Å². The van der Waals surface area contributed by atoms with Crippen LogP contribution >= 0.6 is 0 Å². The number of nitrogens with zero attached hydrogens (tertiary/aromatic N) is 2. The lowest BCUT2D eigenvalue weighted by Gasteiger charge is -2.40. The quantitative estimate of drug-likeness (QED) is 0.853. The van der Waals surface area contributed by atoms with Gasteiger partial charge in [-0.25, -0.2) is 0 Å². The molecule has 2 atom stereocenters. The van der Waals surface area contributed by atoms with Crippen molar-refractivity contribution in [2.24, 2.45) is 11.8 Å². The Morgan fingerprint density at radius 2 is 1.83 bits per heavy atom. The average Bonchev–Trinajstić information content (AvgIpc) is 2.84. The molecule has 1 aromatic rings. The van der Waals surface area contributed by atoms with Gasteiger partial charge in [0.15, 0.2) is 0 Å². The second-order valence-corrected chi connectivity index (χ2v) is 7.68. The van der Waals surface area contributed by atoms with E-state index < -0.39 is 0 Å². The lowest BCUT2D eigenvalue weighted by Crippen LogP contribution is -2.50. The number of carbonyl (C=O) groups excluding carboxylic acids is 2. The van der Waals surface area contributed by atoms with E-state index in [9.17, 15) is 9.59 Å². The van der Waals surface area contributed by atoms with E-state index in [0.29, 0.717) is 24.8 Å². The molecule has 5 rings (SSSR count). The first-order chi connectivity index (χ1) is 11.7. The van der Waals surface area contributed by atoms with E-state index in [4.69, 9.17) is 0 Å². The minimum absolute atomic E-state index is 0.0172. The molecule has 1 saturated carbocycles. The van der Waals surface area contributed by atoms with Gasteiger partial charge in [0.2, 0.25) is 11.8 Å². The van der Waals surface area contributed by atoms with Crippen molar-refractivity contribution in [3.63, 3.8) is 0 Å². The number of fused-ring (bicyclic) bond motifs is 4. The molecule has 4 fully saturated rings. The normalized spacial score (nSPS) is 27.1. The fraction of sp³-hybridized carbons (Fsp3) is 0.600. The average molecular weight is 326 g/mol. The summed E-state index contributed by atoms with van der Waals surface area (Å²) >= 11 is 0. The van der Waals surface area contributed by atoms with Gasteiger partial charge in [-0.3, -0.25) is 9.59 Å². The Hall–Kier alpha value is -1.84. The molecular formula is C20H26N2O2. The number of hydrogen-bond donors (Lipinski definition) is 0. The minimum Gasteiger partial charge on any atom is -0.340 e. The van der Waals surface area contributed by atoms with E-state index in [1.807, 2.05) is 35.2 Å². The maximum Gasteiger partial charge on any atom is 0.227 e. The monoisotopic (exact) mass is 326 g/mol. The molecule has 2 bridgehead atoms. The zero-order valence-corrected chi connectivity index (χ0v) is 14.2. The summed E-state index contributed by atoms with van der Waals surface area (Å²) in [6, 6.07) is 10.1. The molecular weight excluding hydrogens is 300 g/mol. The summed E-state index contributed by atoms with van der Waals surface area (Å²) in [4.78, 5) is 29.6. The predicted molar refractivity (Wildman–Crippen MR) is 92.3 cm³/mol. The van der Waals surface area contributed by atoms with Gasteiger partial charge in [-0.2, -0.15) is 0 Å². The van der Waals surface area contributed by atoms with Crippen LogP contribution in [0.5, 0.6) is 0 Å². The largest absolute Gasteiger partial charge is 0.340 e. The summed E-state index contributed by atoms with van der Waals surface area (Å²) in [6.07, 6.45) is 6.27. The summed E-state index contributed by atoms with van der Waals surface area (Å²) in [7, 11) is 0. The van der Waals surface area contributed by atoms with E-state index >= 15 is 0 Å². The van der Waals surface area contributed by atoms with Crippen molar-refractivity contribution in [2.45, 2.75) is 44.6 Å². The Balaban J connectivity index is 1.45. The molecule has 3 aliphatic heterocycles. The third-order valence-corrected chi connectivity index (χ3v) is 6.02. The fourth-order valence-corrected chi connectivity index (χ4v) is 4.32. The zero-order valence-electron chi connectivity index (χ0n) is 14.2. The van der Waals surface area contributed by atoms with Crippen LogP contribution in [0.1, 0.15) is 37.7 Å². The summed E-state index contributed by atoms with van der Waals surface area (Å²) in [5.74, 6) is 1.18. The van der Waals surface area contributed by atoms with Crippen LogP contribution in [0.2, 0.25) is 0 Å². The maximum absolute atomic E-state index is 12.8. The first-order valence-electron chi connectivity index (χ1n) is 9.33. The Morgan fingerprint density at radius 1 is 1.04 bits per heavy atom. The van der Waals surface area contributed by atoms with Gasteiger partial charge in [0.25, 0.3) is 0 Å². The standard InChI is InChI=1S/C20H26N2O2/c23-19(11-15-5-2-1-3-6-15)21-13-17-9-10-18(14-21)22(20(17)24)12-16-7-4-8-16/h1-3,5-6,16-18H,4,7-14H2/t17-,18+/m0/s1. The molecule has 0 spiro atoms. The third-order valence-electron chi connectivity index (χ3n) is 6.02. The number of rotatable bonds is 4. The smallest absolute Gasteiger partial charge is 0.227 e. The molecule has 4 heteroatoms. The number of amides is 2. The van der Waals surface area contributed by atoms with E-state index in [0.717, 1.165) is 31.5 Å². The van der Waals surface area contributed by atoms with Crippen molar-refractivity contribution in [3.05, 3.63) is 35.9 Å². The van der Waals surface area contributed by atoms with Crippen LogP contribution in [0.15, 0.2) is 30.3 Å². The highest BCUT2D eigenvalue weighted by atomic mass is 16.2. The van der Waals surface area contributed by atoms with Crippen molar-refractivity contribution < 1.29 is 9.59 Å². The highest BCUT2D eigenvalue weighted by Crippen LogP contribution is 2.34. The number of carbonyl (C=O) groups is 2. The van der Waals surface area contributed by atoms with Gasteiger partial charge in [0, 0.05) is 25.7 Å². The molecule has 4 nitrogen and oxygen atoms in total. The molecule has 1 aromatic carbocycles. The fourth-order valence-electron chi connectivity index (χ4n) is 4.32. The zero-order chi connectivity index (χ0) is 16.5. The maximum atomic E-state index is 12.8. The topological polar surface area (TPSA) is 40.6 Å². The highest BCUT2D eigenvalue weighted by Gasteiger charge is 2.42. The van der Waals surface area contributed by atoms with E-state index in [1.165, 1.54) is 19.3 Å². The third kappa shape index (κ3) is 3.06. The Morgan fingerprint density at radius 3 is 2.54 bits per heavy atom. The predicted octanol–water partition coefficient (Wildman–Crippen LogP) is 2.48. The van der Waals surface area contributed by atoms with Crippen molar-refractivity contribution in [1.29, 1.82) is 0 Å². The van der Waals surface area contributed by atoms with Crippen LogP contribution < -0.4 is 0 Å². The molecule has 2 amide bonds. The van der Waals surface area contributed by atoms with Crippen LogP contribution in [0, 0.1) is 11.8 Å².